The first kappa shape index (κ1) is 12.0. The molecule has 1 aromatic carbocycles. The number of nitrogens with two attached hydrogens (primary N) is 1. The number of pyridine rings is 1. The highest BCUT2D eigenvalue weighted by Crippen LogP contribution is 2.31. The molecule has 0 radical (unpaired) electrons. The van der Waals surface area contributed by atoms with E-state index < -0.39 is 0 Å². The third-order valence-electron chi connectivity index (χ3n) is 2.36. The second kappa shape index (κ2) is 4.82. The van der Waals surface area contributed by atoms with E-state index in [1.165, 1.54) is 0 Å². The topological polar surface area (TPSA) is 50.9 Å². The van der Waals surface area contributed by atoms with Crippen LogP contribution in [0.3, 0.4) is 0 Å². The van der Waals surface area contributed by atoms with Gasteiger partial charge in [-0.3, -0.25) is 0 Å². The zero-order valence-electron chi connectivity index (χ0n) is 9.17. The third-order valence-corrected chi connectivity index (χ3v) is 3.18. The number of nitrogen functional groups attached to an aromatic ring is 1. The van der Waals surface area contributed by atoms with E-state index in [-0.39, 0.29) is 0 Å². The van der Waals surface area contributed by atoms with Crippen molar-refractivity contribution in [2.24, 2.45) is 0 Å². The number of hydrogen-bond donors (Lipinski definition) is 2. The van der Waals surface area contributed by atoms with Crippen LogP contribution in [0.1, 0.15) is 5.56 Å². The molecular formula is C12H11Cl2N3. The molecule has 1 aromatic heterocycles. The molecule has 88 valence electrons. The van der Waals surface area contributed by atoms with Crippen LogP contribution in [0.4, 0.5) is 17.2 Å². The van der Waals surface area contributed by atoms with Crippen molar-refractivity contribution in [3.8, 4) is 0 Å². The quantitative estimate of drug-likeness (QED) is 0.864. The minimum Gasteiger partial charge on any atom is -0.398 e. The van der Waals surface area contributed by atoms with Crippen LogP contribution in [-0.4, -0.2) is 4.98 Å². The van der Waals surface area contributed by atoms with E-state index in [0.29, 0.717) is 27.2 Å². The summed E-state index contributed by atoms with van der Waals surface area (Å²) in [4.78, 5) is 4.21. The van der Waals surface area contributed by atoms with Crippen LogP contribution >= 0.6 is 23.2 Å². The molecule has 0 aliphatic carbocycles. The second-order valence-electron chi connectivity index (χ2n) is 3.65. The Morgan fingerprint density at radius 2 is 2.06 bits per heavy atom. The highest BCUT2D eigenvalue weighted by molar-refractivity contribution is 6.43. The number of halogens is 2. The van der Waals surface area contributed by atoms with Crippen molar-refractivity contribution in [2.45, 2.75) is 6.92 Å². The van der Waals surface area contributed by atoms with Crippen LogP contribution in [0.5, 0.6) is 0 Å². The van der Waals surface area contributed by atoms with Crippen molar-refractivity contribution in [3.05, 3.63) is 46.1 Å². The molecule has 0 atom stereocenters. The van der Waals surface area contributed by atoms with Gasteiger partial charge in [0.05, 0.1) is 15.7 Å². The number of anilines is 3. The normalized spacial score (nSPS) is 10.3. The lowest BCUT2D eigenvalue weighted by molar-refractivity contribution is 1.26. The highest BCUT2D eigenvalue weighted by Gasteiger charge is 2.05. The lowest BCUT2D eigenvalue weighted by Crippen LogP contribution is -1.97. The molecule has 0 saturated carbocycles. The van der Waals surface area contributed by atoms with E-state index in [4.69, 9.17) is 28.9 Å². The van der Waals surface area contributed by atoms with Crippen LogP contribution in [0.25, 0.3) is 0 Å². The summed E-state index contributed by atoms with van der Waals surface area (Å²) in [7, 11) is 0. The maximum atomic E-state index is 6.06. The molecule has 0 aliphatic rings. The lowest BCUT2D eigenvalue weighted by Gasteiger charge is -2.09. The summed E-state index contributed by atoms with van der Waals surface area (Å²) in [5, 5.41) is 4.04. The predicted molar refractivity (Wildman–Crippen MR) is 73.1 cm³/mol. The van der Waals surface area contributed by atoms with Gasteiger partial charge in [-0.2, -0.15) is 0 Å². The van der Waals surface area contributed by atoms with E-state index >= 15 is 0 Å². The van der Waals surface area contributed by atoms with Gasteiger partial charge in [-0.25, -0.2) is 4.98 Å². The Bertz CT molecular complexity index is 555. The minimum absolute atomic E-state index is 0.468. The molecule has 5 heteroatoms. The number of rotatable bonds is 2. The summed E-state index contributed by atoms with van der Waals surface area (Å²) >= 11 is 12.0. The van der Waals surface area contributed by atoms with Crippen LogP contribution < -0.4 is 11.1 Å². The van der Waals surface area contributed by atoms with Gasteiger partial charge in [-0.15, -0.1) is 0 Å². The zero-order valence-corrected chi connectivity index (χ0v) is 10.7. The van der Waals surface area contributed by atoms with Crippen LogP contribution in [-0.2, 0) is 0 Å². The molecule has 0 bridgehead atoms. The molecule has 0 amide bonds. The number of aromatic nitrogens is 1. The summed E-state index contributed by atoms with van der Waals surface area (Å²) in [6.07, 6.45) is 1.70. The fraction of sp³-hybridized carbons (Fsp3) is 0.0833. The summed E-state index contributed by atoms with van der Waals surface area (Å²) in [5.41, 5.74) is 8.13. The molecule has 3 nitrogen and oxygen atoms in total. The average molecular weight is 268 g/mol. The first-order chi connectivity index (χ1) is 8.08. The summed E-state index contributed by atoms with van der Waals surface area (Å²) in [6, 6.07) is 7.12. The number of hydrogen-bond acceptors (Lipinski definition) is 3. The number of nitrogens with zero attached hydrogens (tertiary/aromatic N) is 1. The second-order valence-corrected chi connectivity index (χ2v) is 4.44. The van der Waals surface area contributed by atoms with E-state index in [2.05, 4.69) is 10.3 Å². The smallest absolute Gasteiger partial charge is 0.132 e. The zero-order chi connectivity index (χ0) is 12.4. The molecule has 0 unspecified atom stereocenters. The van der Waals surface area contributed by atoms with Crippen LogP contribution in [0.15, 0.2) is 30.5 Å². The molecule has 0 saturated heterocycles. The fourth-order valence-electron chi connectivity index (χ4n) is 1.35. The average Bonchev–Trinajstić information content (AvgIpc) is 2.30. The van der Waals surface area contributed by atoms with Crippen molar-refractivity contribution >= 4 is 40.4 Å². The van der Waals surface area contributed by atoms with E-state index in [9.17, 15) is 0 Å². The molecule has 3 N–H and O–H groups in total. The summed E-state index contributed by atoms with van der Waals surface area (Å²) in [5.74, 6) is 0.636. The number of nitrogens with one attached hydrogen (secondary N) is 1. The van der Waals surface area contributed by atoms with Crippen molar-refractivity contribution < 1.29 is 0 Å². The number of benzene rings is 1. The maximum absolute atomic E-state index is 6.06. The SMILES string of the molecule is Cc1cnc(Nc2cccc(Cl)c2Cl)cc1N. The molecule has 1 heterocycles. The van der Waals surface area contributed by atoms with Gasteiger partial charge < -0.3 is 11.1 Å². The Kier molecular flexibility index (Phi) is 3.41. The van der Waals surface area contributed by atoms with Gasteiger partial charge in [0.2, 0.25) is 0 Å². The summed E-state index contributed by atoms with van der Waals surface area (Å²) in [6.45, 7) is 1.90. The third kappa shape index (κ3) is 2.62. The Balaban J connectivity index is 2.31. The predicted octanol–water partition coefficient (Wildman–Crippen LogP) is 4.02. The van der Waals surface area contributed by atoms with Crippen molar-refractivity contribution in [1.82, 2.24) is 4.98 Å². The van der Waals surface area contributed by atoms with E-state index in [0.717, 1.165) is 5.56 Å². The Morgan fingerprint density at radius 1 is 1.29 bits per heavy atom. The van der Waals surface area contributed by atoms with Gasteiger partial charge >= 0.3 is 0 Å². The largest absolute Gasteiger partial charge is 0.398 e. The van der Waals surface area contributed by atoms with Crippen LogP contribution in [0, 0.1) is 6.92 Å². The van der Waals surface area contributed by atoms with Gasteiger partial charge in [-0.1, -0.05) is 29.3 Å². The summed E-state index contributed by atoms with van der Waals surface area (Å²) < 4.78 is 0. The maximum Gasteiger partial charge on any atom is 0.132 e. The van der Waals surface area contributed by atoms with Crippen molar-refractivity contribution in [1.29, 1.82) is 0 Å². The van der Waals surface area contributed by atoms with Crippen molar-refractivity contribution in [3.63, 3.8) is 0 Å². The van der Waals surface area contributed by atoms with Gasteiger partial charge in [-0.05, 0) is 24.6 Å². The van der Waals surface area contributed by atoms with Crippen molar-refractivity contribution in [2.75, 3.05) is 11.1 Å². The Labute approximate surface area is 110 Å². The molecule has 2 rings (SSSR count). The minimum atomic E-state index is 0.468. The highest BCUT2D eigenvalue weighted by atomic mass is 35.5. The number of aryl methyl sites for hydroxylation is 1. The van der Waals surface area contributed by atoms with Gasteiger partial charge in [0.25, 0.3) is 0 Å². The van der Waals surface area contributed by atoms with Crippen LogP contribution in [0.2, 0.25) is 10.0 Å². The molecule has 2 aromatic rings. The molecule has 0 aliphatic heterocycles. The first-order valence-corrected chi connectivity index (χ1v) is 5.76. The monoisotopic (exact) mass is 267 g/mol. The molecule has 0 fully saturated rings. The standard InChI is InChI=1S/C12H11Cl2N3/c1-7-6-16-11(5-9(7)15)17-10-4-2-3-8(13)12(10)14/h2-6H,1H3,(H3,15,16,17). The van der Waals surface area contributed by atoms with Gasteiger partial charge in [0, 0.05) is 18.0 Å². The molecular weight excluding hydrogens is 257 g/mol. The molecule has 17 heavy (non-hydrogen) atoms. The van der Waals surface area contributed by atoms with Gasteiger partial charge in [0.1, 0.15) is 5.82 Å². The first-order valence-electron chi connectivity index (χ1n) is 5.01. The Hall–Kier alpha value is -1.45. The van der Waals surface area contributed by atoms with E-state index in [1.54, 1.807) is 18.3 Å². The van der Waals surface area contributed by atoms with E-state index in [1.807, 2.05) is 19.1 Å². The fourth-order valence-corrected chi connectivity index (χ4v) is 1.69. The van der Waals surface area contributed by atoms with Gasteiger partial charge in [0.15, 0.2) is 0 Å². The Morgan fingerprint density at radius 3 is 2.76 bits per heavy atom. The lowest BCUT2D eigenvalue weighted by atomic mass is 10.2. The molecule has 0 spiro atoms.